The predicted molar refractivity (Wildman–Crippen MR) is 104 cm³/mol. The number of hydrogen-bond acceptors (Lipinski definition) is 2. The van der Waals surface area contributed by atoms with Gasteiger partial charge in [0.15, 0.2) is 0 Å². The normalized spacial score (nSPS) is 10.4. The zero-order valence-corrected chi connectivity index (χ0v) is 14.7. The van der Waals surface area contributed by atoms with Gasteiger partial charge in [-0.05, 0) is 25.1 Å². The average Bonchev–Trinajstić information content (AvgIpc) is 3.07. The Labute approximate surface area is 145 Å². The molecular weight excluding hydrogens is 294 g/mol. The van der Waals surface area contributed by atoms with Gasteiger partial charge in [0, 0.05) is 10.9 Å². The Balaban J connectivity index is 0.000000202. The van der Waals surface area contributed by atoms with Crippen molar-refractivity contribution in [1.82, 2.24) is 0 Å². The molecule has 0 saturated carbocycles. The van der Waals surface area contributed by atoms with Crippen molar-refractivity contribution in [3.63, 3.8) is 0 Å². The van der Waals surface area contributed by atoms with E-state index in [0.29, 0.717) is 0 Å². The summed E-state index contributed by atoms with van der Waals surface area (Å²) in [6.45, 7) is 3.11. The molecule has 24 heavy (non-hydrogen) atoms. The summed E-state index contributed by atoms with van der Waals surface area (Å²) in [4.78, 5) is 0. The number of benzene rings is 2. The lowest BCUT2D eigenvalue weighted by Gasteiger charge is -1.96. The van der Waals surface area contributed by atoms with E-state index >= 15 is 0 Å². The molecule has 0 aliphatic rings. The van der Waals surface area contributed by atoms with Crippen LogP contribution in [0.25, 0.3) is 22.3 Å². The number of unbranched alkanes of at least 4 members (excludes halogenated alkanes) is 5. The maximum atomic E-state index is 5.75. The van der Waals surface area contributed by atoms with Crippen LogP contribution in [0.15, 0.2) is 65.1 Å². The number of fused-ring (bicyclic) bond motifs is 1. The highest BCUT2D eigenvalue weighted by molar-refractivity contribution is 5.82. The van der Waals surface area contributed by atoms with Gasteiger partial charge in [-0.25, -0.2) is 0 Å². The summed E-state index contributed by atoms with van der Waals surface area (Å²) in [5, 5.41) is 1.15. The van der Waals surface area contributed by atoms with Gasteiger partial charge in [-0.15, -0.1) is 0 Å². The minimum absolute atomic E-state index is 0.867. The van der Waals surface area contributed by atoms with E-state index < -0.39 is 0 Å². The van der Waals surface area contributed by atoms with E-state index in [1.807, 2.05) is 36.4 Å². The SMILES string of the molecule is CCCCCCCCN.c1ccc(-c2cc3ccccc3o2)cc1. The molecule has 2 N–H and O–H groups in total. The van der Waals surface area contributed by atoms with Crippen molar-refractivity contribution in [3.05, 3.63) is 60.7 Å². The molecule has 0 aliphatic carbocycles. The van der Waals surface area contributed by atoms with Crippen molar-refractivity contribution in [2.75, 3.05) is 6.54 Å². The number of hydrogen-bond donors (Lipinski definition) is 1. The molecule has 2 nitrogen and oxygen atoms in total. The van der Waals surface area contributed by atoms with Crippen molar-refractivity contribution in [1.29, 1.82) is 0 Å². The van der Waals surface area contributed by atoms with Crippen LogP contribution in [0.3, 0.4) is 0 Å². The van der Waals surface area contributed by atoms with Gasteiger partial charge in [0.05, 0.1) is 0 Å². The van der Waals surface area contributed by atoms with Gasteiger partial charge >= 0.3 is 0 Å². The van der Waals surface area contributed by atoms with Crippen LogP contribution in [-0.4, -0.2) is 6.54 Å². The molecule has 3 aromatic rings. The first-order chi connectivity index (χ1) is 11.8. The molecule has 3 rings (SSSR count). The van der Waals surface area contributed by atoms with Crippen molar-refractivity contribution in [2.45, 2.75) is 45.4 Å². The molecule has 0 bridgehead atoms. The molecule has 0 saturated heterocycles. The van der Waals surface area contributed by atoms with Gasteiger partial charge in [-0.2, -0.15) is 0 Å². The molecule has 128 valence electrons. The van der Waals surface area contributed by atoms with Gasteiger partial charge in [-0.1, -0.05) is 87.6 Å². The molecule has 0 atom stereocenters. The Kier molecular flexibility index (Phi) is 8.12. The van der Waals surface area contributed by atoms with Gasteiger partial charge in [0.25, 0.3) is 0 Å². The molecule has 1 heterocycles. The summed E-state index contributed by atoms with van der Waals surface area (Å²) in [7, 11) is 0. The van der Waals surface area contributed by atoms with E-state index in [-0.39, 0.29) is 0 Å². The third-order valence-corrected chi connectivity index (χ3v) is 4.04. The van der Waals surface area contributed by atoms with Crippen LogP contribution in [-0.2, 0) is 0 Å². The zero-order valence-electron chi connectivity index (χ0n) is 14.7. The summed E-state index contributed by atoms with van der Waals surface area (Å²) >= 11 is 0. The molecule has 1 aromatic heterocycles. The lowest BCUT2D eigenvalue weighted by molar-refractivity contribution is 0.612. The van der Waals surface area contributed by atoms with E-state index in [1.54, 1.807) is 0 Å². The van der Waals surface area contributed by atoms with Crippen molar-refractivity contribution >= 4 is 11.0 Å². The van der Waals surface area contributed by atoms with Crippen LogP contribution in [0.5, 0.6) is 0 Å². The Morgan fingerprint density at radius 3 is 2.17 bits per heavy atom. The van der Waals surface area contributed by atoms with Crippen molar-refractivity contribution in [3.8, 4) is 11.3 Å². The fourth-order valence-corrected chi connectivity index (χ4v) is 2.65. The van der Waals surface area contributed by atoms with Gasteiger partial charge in [-0.3, -0.25) is 0 Å². The maximum absolute atomic E-state index is 5.75. The summed E-state index contributed by atoms with van der Waals surface area (Å²) in [6, 6.07) is 20.3. The number of nitrogens with two attached hydrogens (primary N) is 1. The largest absolute Gasteiger partial charge is 0.456 e. The van der Waals surface area contributed by atoms with Crippen LogP contribution in [0, 0.1) is 0 Å². The van der Waals surface area contributed by atoms with Crippen LogP contribution in [0.1, 0.15) is 45.4 Å². The highest BCUT2D eigenvalue weighted by Crippen LogP contribution is 2.27. The van der Waals surface area contributed by atoms with Gasteiger partial charge < -0.3 is 10.2 Å². The van der Waals surface area contributed by atoms with Gasteiger partial charge in [0.2, 0.25) is 0 Å². The summed E-state index contributed by atoms with van der Waals surface area (Å²) in [6.07, 6.45) is 8.05. The topological polar surface area (TPSA) is 39.2 Å². The second-order valence-electron chi connectivity index (χ2n) is 6.07. The minimum atomic E-state index is 0.867. The Hall–Kier alpha value is -2.06. The van der Waals surface area contributed by atoms with Gasteiger partial charge in [0.1, 0.15) is 11.3 Å². The zero-order chi connectivity index (χ0) is 17.0. The fourth-order valence-electron chi connectivity index (χ4n) is 2.65. The van der Waals surface area contributed by atoms with Crippen LogP contribution >= 0.6 is 0 Å². The third kappa shape index (κ3) is 5.86. The minimum Gasteiger partial charge on any atom is -0.456 e. The number of para-hydroxylation sites is 1. The quantitative estimate of drug-likeness (QED) is 0.510. The van der Waals surface area contributed by atoms with Crippen molar-refractivity contribution in [2.24, 2.45) is 5.73 Å². The first kappa shape index (κ1) is 18.3. The van der Waals surface area contributed by atoms with E-state index in [4.69, 9.17) is 10.2 Å². The average molecular weight is 323 g/mol. The summed E-state index contributed by atoms with van der Waals surface area (Å²) in [5.74, 6) is 0.928. The third-order valence-electron chi connectivity index (χ3n) is 4.04. The fraction of sp³-hybridized carbons (Fsp3) is 0.364. The Morgan fingerprint density at radius 2 is 1.46 bits per heavy atom. The lowest BCUT2D eigenvalue weighted by atomic mass is 10.1. The lowest BCUT2D eigenvalue weighted by Crippen LogP contribution is -1.97. The Morgan fingerprint density at radius 1 is 0.792 bits per heavy atom. The second kappa shape index (κ2) is 10.7. The summed E-state index contributed by atoms with van der Waals surface area (Å²) < 4.78 is 5.75. The molecule has 2 heteroatoms. The monoisotopic (exact) mass is 323 g/mol. The molecule has 0 spiro atoms. The molecule has 0 amide bonds. The molecular formula is C22H29NO. The first-order valence-corrected chi connectivity index (χ1v) is 9.09. The molecule has 0 radical (unpaired) electrons. The molecule has 2 aromatic carbocycles. The smallest absolute Gasteiger partial charge is 0.135 e. The molecule has 0 unspecified atom stereocenters. The molecule has 0 fully saturated rings. The number of rotatable bonds is 7. The standard InChI is InChI=1S/C14H10O.C8H19N/c1-2-6-11(7-3-1)14-10-12-8-4-5-9-13(12)15-14;1-2-3-4-5-6-7-8-9/h1-10H;2-9H2,1H3. The predicted octanol–water partition coefficient (Wildman–Crippen LogP) is 6.41. The maximum Gasteiger partial charge on any atom is 0.135 e. The first-order valence-electron chi connectivity index (χ1n) is 9.09. The van der Waals surface area contributed by atoms with E-state index in [0.717, 1.165) is 28.8 Å². The van der Waals surface area contributed by atoms with Crippen molar-refractivity contribution < 1.29 is 4.42 Å². The molecule has 0 aliphatic heterocycles. The van der Waals surface area contributed by atoms with Crippen LogP contribution < -0.4 is 5.73 Å². The van der Waals surface area contributed by atoms with E-state index in [2.05, 4.69) is 31.2 Å². The van der Waals surface area contributed by atoms with Crippen LogP contribution in [0.4, 0.5) is 0 Å². The van der Waals surface area contributed by atoms with E-state index in [1.165, 1.54) is 38.5 Å². The van der Waals surface area contributed by atoms with Crippen LogP contribution in [0.2, 0.25) is 0 Å². The van der Waals surface area contributed by atoms with E-state index in [9.17, 15) is 0 Å². The highest BCUT2D eigenvalue weighted by atomic mass is 16.3. The number of furan rings is 1. The Bertz CT molecular complexity index is 648. The summed E-state index contributed by atoms with van der Waals surface area (Å²) in [5.41, 5.74) is 7.40. The second-order valence-corrected chi connectivity index (χ2v) is 6.07. The highest BCUT2D eigenvalue weighted by Gasteiger charge is 2.03.